The van der Waals surface area contributed by atoms with Crippen LogP contribution in [0.15, 0.2) is 23.1 Å². The zero-order chi connectivity index (χ0) is 18.8. The fraction of sp³-hybridized carbons (Fsp3) is 0.632. The Balaban J connectivity index is 1.83. The van der Waals surface area contributed by atoms with E-state index in [1.807, 2.05) is 6.07 Å². The molecule has 26 heavy (non-hydrogen) atoms. The first kappa shape index (κ1) is 19.3. The second-order valence-corrected chi connectivity index (χ2v) is 9.30. The number of hydrogen-bond acceptors (Lipinski definition) is 4. The number of nitrogens with one attached hydrogen (secondary N) is 1. The maximum Gasteiger partial charge on any atom is 0.240 e. The van der Waals surface area contributed by atoms with Gasteiger partial charge in [-0.3, -0.25) is 4.79 Å². The summed E-state index contributed by atoms with van der Waals surface area (Å²) in [5.74, 6) is 0.0640. The minimum absolute atomic E-state index is 0.0640. The van der Waals surface area contributed by atoms with Crippen LogP contribution in [0.25, 0.3) is 0 Å². The smallest absolute Gasteiger partial charge is 0.240 e. The highest BCUT2D eigenvalue weighted by molar-refractivity contribution is 7.89. The molecule has 3 N–H and O–H groups in total. The molecule has 0 aromatic heterocycles. The van der Waals surface area contributed by atoms with E-state index in [9.17, 15) is 13.2 Å². The largest absolute Gasteiger partial charge is 0.330 e. The van der Waals surface area contributed by atoms with Crippen molar-refractivity contribution in [1.82, 2.24) is 4.72 Å². The normalized spacial score (nSPS) is 19.4. The molecule has 1 heterocycles. The van der Waals surface area contributed by atoms with Gasteiger partial charge in [-0.05, 0) is 48.9 Å². The monoisotopic (exact) mass is 379 g/mol. The lowest BCUT2D eigenvalue weighted by Gasteiger charge is -2.36. The molecule has 0 atom stereocenters. The Bertz CT molecular complexity index is 770. The molecule has 0 unspecified atom stereocenters. The number of benzene rings is 1. The van der Waals surface area contributed by atoms with Crippen molar-refractivity contribution < 1.29 is 13.2 Å². The lowest BCUT2D eigenvalue weighted by molar-refractivity contribution is -0.121. The lowest BCUT2D eigenvalue weighted by Crippen LogP contribution is -2.40. The van der Waals surface area contributed by atoms with E-state index in [1.165, 1.54) is 6.42 Å². The second-order valence-electron chi connectivity index (χ2n) is 7.53. The summed E-state index contributed by atoms with van der Waals surface area (Å²) in [6.45, 7) is 3.23. The average Bonchev–Trinajstić information content (AvgIpc) is 3.06. The number of nitrogens with two attached hydrogens (primary N) is 1. The summed E-state index contributed by atoms with van der Waals surface area (Å²) in [5, 5.41) is 0. The summed E-state index contributed by atoms with van der Waals surface area (Å²) < 4.78 is 27.1. The third-order valence-electron chi connectivity index (χ3n) is 5.77. The van der Waals surface area contributed by atoms with Gasteiger partial charge in [-0.1, -0.05) is 32.3 Å². The molecule has 6 nitrogen and oxygen atoms in total. The van der Waals surface area contributed by atoms with Gasteiger partial charge in [-0.15, -0.1) is 0 Å². The fourth-order valence-corrected chi connectivity index (χ4v) is 5.29. The van der Waals surface area contributed by atoms with Crippen molar-refractivity contribution in [2.45, 2.75) is 56.8 Å². The lowest BCUT2D eigenvalue weighted by atomic mass is 9.71. The predicted molar refractivity (Wildman–Crippen MR) is 103 cm³/mol. The number of anilines is 1. The molecule has 0 saturated heterocycles. The molecule has 2 aliphatic rings. The molecule has 1 saturated carbocycles. The summed E-state index contributed by atoms with van der Waals surface area (Å²) in [7, 11) is -3.53. The fourth-order valence-electron chi connectivity index (χ4n) is 4.23. The van der Waals surface area contributed by atoms with Gasteiger partial charge in [0, 0.05) is 25.2 Å². The average molecular weight is 380 g/mol. The van der Waals surface area contributed by atoms with Gasteiger partial charge in [-0.2, -0.15) is 0 Å². The highest BCUT2D eigenvalue weighted by Gasteiger charge is 2.36. The third-order valence-corrected chi connectivity index (χ3v) is 7.31. The second kappa shape index (κ2) is 7.66. The first-order valence-corrected chi connectivity index (χ1v) is 11.0. The van der Waals surface area contributed by atoms with E-state index in [4.69, 9.17) is 5.73 Å². The van der Waals surface area contributed by atoms with Crippen LogP contribution in [0.3, 0.4) is 0 Å². The van der Waals surface area contributed by atoms with Crippen LogP contribution in [-0.2, 0) is 21.2 Å². The van der Waals surface area contributed by atoms with Crippen LogP contribution < -0.4 is 15.4 Å². The number of rotatable bonds is 6. The molecule has 0 bridgehead atoms. The number of carbonyl (C=O) groups excluding carboxylic acids is 1. The van der Waals surface area contributed by atoms with E-state index in [1.54, 1.807) is 24.0 Å². The van der Waals surface area contributed by atoms with Crippen LogP contribution in [0.1, 0.15) is 51.0 Å². The minimum atomic E-state index is -3.53. The Hall–Kier alpha value is -1.44. The zero-order valence-corrected chi connectivity index (χ0v) is 16.3. The Morgan fingerprint density at radius 2 is 2.00 bits per heavy atom. The van der Waals surface area contributed by atoms with Crippen molar-refractivity contribution in [3.8, 4) is 0 Å². The van der Waals surface area contributed by atoms with Crippen molar-refractivity contribution in [2.75, 3.05) is 24.5 Å². The molecule has 0 radical (unpaired) electrons. The Kier molecular flexibility index (Phi) is 5.69. The number of fused-ring (bicyclic) bond motifs is 1. The van der Waals surface area contributed by atoms with Gasteiger partial charge in [0.25, 0.3) is 0 Å². The van der Waals surface area contributed by atoms with Crippen molar-refractivity contribution >= 4 is 21.6 Å². The van der Waals surface area contributed by atoms with Crippen molar-refractivity contribution in [3.63, 3.8) is 0 Å². The maximum atomic E-state index is 13.0. The molecule has 7 heteroatoms. The van der Waals surface area contributed by atoms with Crippen molar-refractivity contribution in [1.29, 1.82) is 0 Å². The third kappa shape index (κ3) is 3.80. The van der Waals surface area contributed by atoms with Crippen LogP contribution >= 0.6 is 0 Å². The van der Waals surface area contributed by atoms with Gasteiger partial charge in [0.15, 0.2) is 0 Å². The molecule has 1 aliphatic heterocycles. The molecule has 1 aliphatic carbocycles. The number of carbonyl (C=O) groups is 1. The highest BCUT2D eigenvalue weighted by atomic mass is 32.2. The predicted octanol–water partition coefficient (Wildman–Crippen LogP) is 2.17. The zero-order valence-electron chi connectivity index (χ0n) is 15.5. The van der Waals surface area contributed by atoms with E-state index in [2.05, 4.69) is 4.72 Å². The van der Waals surface area contributed by atoms with E-state index in [0.29, 0.717) is 26.1 Å². The van der Waals surface area contributed by atoms with E-state index < -0.39 is 10.0 Å². The first-order valence-electron chi connectivity index (χ1n) is 9.54. The summed E-state index contributed by atoms with van der Waals surface area (Å²) >= 11 is 0. The minimum Gasteiger partial charge on any atom is -0.330 e. The van der Waals surface area contributed by atoms with Crippen LogP contribution in [-0.4, -0.2) is 34.0 Å². The van der Waals surface area contributed by atoms with Crippen LogP contribution in [0.2, 0.25) is 0 Å². The quantitative estimate of drug-likeness (QED) is 0.792. The Labute approximate surface area is 156 Å². The molecule has 1 fully saturated rings. The summed E-state index contributed by atoms with van der Waals surface area (Å²) in [6.07, 6.45) is 6.70. The molecule has 0 spiro atoms. The standard InChI is InChI=1S/C19H29N3O3S/c1-2-21-26(24,25)16-7-6-15-8-11-22(17(15)12-16)18(23)13-19(14-20)9-4-3-5-10-19/h6-7,12,21H,2-5,8-11,13-14,20H2,1H3. The highest BCUT2D eigenvalue weighted by Crippen LogP contribution is 2.40. The molecular weight excluding hydrogens is 350 g/mol. The maximum absolute atomic E-state index is 13.0. The summed E-state index contributed by atoms with van der Waals surface area (Å²) in [5.41, 5.74) is 7.70. The topological polar surface area (TPSA) is 92.5 Å². The van der Waals surface area contributed by atoms with Crippen LogP contribution in [0, 0.1) is 5.41 Å². The van der Waals surface area contributed by atoms with Crippen molar-refractivity contribution in [2.24, 2.45) is 11.1 Å². The summed E-state index contributed by atoms with van der Waals surface area (Å²) in [4.78, 5) is 15.0. The van der Waals surface area contributed by atoms with Gasteiger partial charge in [0.05, 0.1) is 4.90 Å². The molecule has 3 rings (SSSR count). The summed E-state index contributed by atoms with van der Waals surface area (Å²) in [6, 6.07) is 5.08. The van der Waals surface area contributed by atoms with Gasteiger partial charge < -0.3 is 10.6 Å². The Morgan fingerprint density at radius 1 is 1.27 bits per heavy atom. The Morgan fingerprint density at radius 3 is 2.65 bits per heavy atom. The van der Waals surface area contributed by atoms with Gasteiger partial charge in [-0.25, -0.2) is 13.1 Å². The van der Waals surface area contributed by atoms with E-state index in [0.717, 1.165) is 43.4 Å². The molecular formula is C19H29N3O3S. The van der Waals surface area contributed by atoms with Crippen LogP contribution in [0.4, 0.5) is 5.69 Å². The number of nitrogens with zero attached hydrogens (tertiary/aromatic N) is 1. The number of hydrogen-bond donors (Lipinski definition) is 2. The molecule has 1 amide bonds. The molecule has 144 valence electrons. The first-order chi connectivity index (χ1) is 12.4. The number of amides is 1. The van der Waals surface area contributed by atoms with E-state index in [-0.39, 0.29) is 16.2 Å². The van der Waals surface area contributed by atoms with Gasteiger partial charge in [0.1, 0.15) is 0 Å². The molecule has 1 aromatic rings. The number of sulfonamides is 1. The molecule has 1 aromatic carbocycles. The van der Waals surface area contributed by atoms with E-state index >= 15 is 0 Å². The van der Waals surface area contributed by atoms with Gasteiger partial charge >= 0.3 is 0 Å². The van der Waals surface area contributed by atoms with Crippen LogP contribution in [0.5, 0.6) is 0 Å². The van der Waals surface area contributed by atoms with Crippen molar-refractivity contribution in [3.05, 3.63) is 23.8 Å². The van der Waals surface area contributed by atoms with Gasteiger partial charge in [0.2, 0.25) is 15.9 Å². The SMILES string of the molecule is CCNS(=O)(=O)c1ccc2c(c1)N(C(=O)CC1(CN)CCCCC1)CC2.